The lowest BCUT2D eigenvalue weighted by atomic mass is 10.1. The first-order valence-corrected chi connectivity index (χ1v) is 7.96. The molecule has 0 radical (unpaired) electrons. The Morgan fingerprint density at radius 1 is 1.12 bits per heavy atom. The second kappa shape index (κ2) is 9.29. The van der Waals surface area contributed by atoms with Gasteiger partial charge in [-0.2, -0.15) is 0 Å². The zero-order chi connectivity index (χ0) is 17.2. The first kappa shape index (κ1) is 17.5. The van der Waals surface area contributed by atoms with Crippen molar-refractivity contribution in [2.75, 3.05) is 11.9 Å². The van der Waals surface area contributed by atoms with Crippen molar-refractivity contribution in [1.82, 2.24) is 15.6 Å². The second-order valence-corrected chi connectivity index (χ2v) is 5.27. The summed E-state index contributed by atoms with van der Waals surface area (Å²) in [7, 11) is 0. The van der Waals surface area contributed by atoms with Crippen LogP contribution in [0.4, 0.5) is 5.69 Å². The Bertz CT molecular complexity index is 647. The van der Waals surface area contributed by atoms with Crippen LogP contribution in [0.3, 0.4) is 0 Å². The van der Waals surface area contributed by atoms with E-state index in [0.717, 1.165) is 11.3 Å². The molecule has 0 bridgehead atoms. The van der Waals surface area contributed by atoms with Crippen LogP contribution in [-0.2, 0) is 16.0 Å². The zero-order valence-electron chi connectivity index (χ0n) is 13.7. The highest BCUT2D eigenvalue weighted by Crippen LogP contribution is 2.07. The molecule has 0 saturated carbocycles. The van der Waals surface area contributed by atoms with Gasteiger partial charge in [0.1, 0.15) is 0 Å². The average molecular weight is 326 g/mol. The van der Waals surface area contributed by atoms with E-state index in [1.807, 2.05) is 49.4 Å². The lowest BCUT2D eigenvalue weighted by molar-refractivity contribution is -0.128. The predicted octanol–water partition coefficient (Wildman–Crippen LogP) is 1.70. The highest BCUT2D eigenvalue weighted by atomic mass is 16.2. The van der Waals surface area contributed by atoms with E-state index in [0.29, 0.717) is 13.0 Å². The van der Waals surface area contributed by atoms with E-state index >= 15 is 0 Å². The Labute approximate surface area is 141 Å². The van der Waals surface area contributed by atoms with Gasteiger partial charge < -0.3 is 16.0 Å². The van der Waals surface area contributed by atoms with Crippen LogP contribution in [0, 0.1) is 0 Å². The molecule has 0 fully saturated rings. The molecular weight excluding hydrogens is 304 g/mol. The number of aromatic nitrogens is 1. The number of carbonyl (C=O) groups excluding carboxylic acids is 2. The lowest BCUT2D eigenvalue weighted by Crippen LogP contribution is -2.51. The van der Waals surface area contributed by atoms with Gasteiger partial charge in [-0.3, -0.25) is 14.6 Å². The topological polar surface area (TPSA) is 83.1 Å². The second-order valence-electron chi connectivity index (χ2n) is 5.27. The number of amides is 2. The third-order valence-corrected chi connectivity index (χ3v) is 3.37. The largest absolute Gasteiger partial charge is 0.358 e. The van der Waals surface area contributed by atoms with Crippen LogP contribution in [0.5, 0.6) is 0 Å². The van der Waals surface area contributed by atoms with E-state index < -0.39 is 6.17 Å². The van der Waals surface area contributed by atoms with Crippen LogP contribution in [0.2, 0.25) is 0 Å². The number of likely N-dealkylation sites (N-methyl/N-ethyl adjacent to an activating group) is 1. The van der Waals surface area contributed by atoms with Crippen LogP contribution >= 0.6 is 0 Å². The summed E-state index contributed by atoms with van der Waals surface area (Å²) in [5.74, 6) is -0.463. The van der Waals surface area contributed by atoms with Gasteiger partial charge in [0, 0.05) is 31.0 Å². The van der Waals surface area contributed by atoms with Crippen molar-refractivity contribution in [1.29, 1.82) is 0 Å². The number of carbonyl (C=O) groups is 2. The van der Waals surface area contributed by atoms with Crippen LogP contribution in [0.15, 0.2) is 54.9 Å². The molecule has 126 valence electrons. The fraction of sp³-hybridized carbons (Fsp3) is 0.278. The number of rotatable bonds is 8. The third kappa shape index (κ3) is 5.72. The summed E-state index contributed by atoms with van der Waals surface area (Å²) in [5, 5.41) is 8.49. The van der Waals surface area contributed by atoms with Crippen molar-refractivity contribution in [3.8, 4) is 0 Å². The summed E-state index contributed by atoms with van der Waals surface area (Å²) in [4.78, 5) is 28.4. The lowest BCUT2D eigenvalue weighted by Gasteiger charge is -2.20. The molecule has 0 saturated heterocycles. The van der Waals surface area contributed by atoms with Crippen molar-refractivity contribution < 1.29 is 9.59 Å². The van der Waals surface area contributed by atoms with Gasteiger partial charge in [-0.1, -0.05) is 24.3 Å². The highest BCUT2D eigenvalue weighted by molar-refractivity contribution is 5.89. The van der Waals surface area contributed by atoms with Crippen molar-refractivity contribution in [2.45, 2.75) is 25.9 Å². The number of anilines is 1. The van der Waals surface area contributed by atoms with Gasteiger partial charge in [0.2, 0.25) is 5.91 Å². The van der Waals surface area contributed by atoms with Crippen molar-refractivity contribution in [2.24, 2.45) is 0 Å². The molecule has 2 amide bonds. The number of para-hydroxylation sites is 1. The minimum absolute atomic E-state index is 0.196. The number of pyridine rings is 1. The molecule has 3 N–H and O–H groups in total. The fourth-order valence-electron chi connectivity index (χ4n) is 2.18. The monoisotopic (exact) mass is 326 g/mol. The molecule has 0 spiro atoms. The van der Waals surface area contributed by atoms with E-state index in [1.165, 1.54) is 0 Å². The van der Waals surface area contributed by atoms with Gasteiger partial charge in [-0.15, -0.1) is 0 Å². The summed E-state index contributed by atoms with van der Waals surface area (Å²) in [5.41, 5.74) is 1.75. The number of aryl methyl sites for hydroxylation is 1. The molecule has 1 atom stereocenters. The standard InChI is InChI=1S/C18H22N4O2/c1-2-20-18(24)17(21-15-8-4-3-5-9-15)22-16(23)11-10-14-7-6-12-19-13-14/h3-9,12-13,17,21H,2,10-11H2,1H3,(H,20,24)(H,22,23). The molecular formula is C18H22N4O2. The van der Waals surface area contributed by atoms with Gasteiger partial charge in [-0.25, -0.2) is 0 Å². The number of hydrogen-bond acceptors (Lipinski definition) is 4. The molecule has 0 aliphatic rings. The Morgan fingerprint density at radius 3 is 2.58 bits per heavy atom. The molecule has 2 rings (SSSR count). The van der Waals surface area contributed by atoms with E-state index in [9.17, 15) is 9.59 Å². The number of hydrogen-bond donors (Lipinski definition) is 3. The van der Waals surface area contributed by atoms with E-state index in [4.69, 9.17) is 0 Å². The maximum absolute atomic E-state index is 12.2. The van der Waals surface area contributed by atoms with Crippen molar-refractivity contribution >= 4 is 17.5 Å². The molecule has 6 heteroatoms. The summed E-state index contributed by atoms with van der Waals surface area (Å²) < 4.78 is 0. The third-order valence-electron chi connectivity index (χ3n) is 3.37. The molecule has 6 nitrogen and oxygen atoms in total. The molecule has 0 aliphatic carbocycles. The first-order valence-electron chi connectivity index (χ1n) is 7.96. The van der Waals surface area contributed by atoms with E-state index in [1.54, 1.807) is 12.4 Å². The molecule has 1 heterocycles. The fourth-order valence-corrected chi connectivity index (χ4v) is 2.18. The van der Waals surface area contributed by atoms with Gasteiger partial charge in [0.25, 0.3) is 5.91 Å². The smallest absolute Gasteiger partial charge is 0.263 e. The van der Waals surface area contributed by atoms with Gasteiger partial charge >= 0.3 is 0 Å². The van der Waals surface area contributed by atoms with Crippen molar-refractivity contribution in [3.63, 3.8) is 0 Å². The normalized spacial score (nSPS) is 11.4. The molecule has 2 aromatic rings. The van der Waals surface area contributed by atoms with Gasteiger partial charge in [0.15, 0.2) is 6.17 Å². The molecule has 0 aliphatic heterocycles. The number of nitrogens with one attached hydrogen (secondary N) is 3. The Balaban J connectivity index is 1.93. The Hall–Kier alpha value is -2.89. The highest BCUT2D eigenvalue weighted by Gasteiger charge is 2.19. The predicted molar refractivity (Wildman–Crippen MR) is 93.2 cm³/mol. The van der Waals surface area contributed by atoms with Crippen molar-refractivity contribution in [3.05, 3.63) is 60.4 Å². The quantitative estimate of drug-likeness (QED) is 0.645. The minimum Gasteiger partial charge on any atom is -0.358 e. The Morgan fingerprint density at radius 2 is 1.92 bits per heavy atom. The zero-order valence-corrected chi connectivity index (χ0v) is 13.7. The maximum atomic E-state index is 12.2. The van der Waals surface area contributed by atoms with E-state index in [-0.39, 0.29) is 18.2 Å². The van der Waals surface area contributed by atoms with Gasteiger partial charge in [-0.05, 0) is 37.1 Å². The Kier molecular flexibility index (Phi) is 6.76. The van der Waals surface area contributed by atoms with Crippen LogP contribution in [0.1, 0.15) is 18.9 Å². The maximum Gasteiger partial charge on any atom is 0.263 e. The average Bonchev–Trinajstić information content (AvgIpc) is 2.61. The summed E-state index contributed by atoms with van der Waals surface area (Å²) >= 11 is 0. The first-order chi connectivity index (χ1) is 11.7. The molecule has 1 unspecified atom stereocenters. The molecule has 24 heavy (non-hydrogen) atoms. The van der Waals surface area contributed by atoms with E-state index in [2.05, 4.69) is 20.9 Å². The summed E-state index contributed by atoms with van der Waals surface area (Å²) in [6, 6.07) is 13.1. The SMILES string of the molecule is CCNC(=O)C(NC(=O)CCc1cccnc1)Nc1ccccc1. The summed E-state index contributed by atoms with van der Waals surface area (Å²) in [6.45, 7) is 2.33. The van der Waals surface area contributed by atoms with Crippen LogP contribution < -0.4 is 16.0 Å². The summed E-state index contributed by atoms with van der Waals surface area (Å²) in [6.07, 6.45) is 3.48. The molecule has 1 aromatic heterocycles. The van der Waals surface area contributed by atoms with Crippen LogP contribution in [0.25, 0.3) is 0 Å². The number of benzene rings is 1. The number of nitrogens with zero attached hydrogens (tertiary/aromatic N) is 1. The molecule has 1 aromatic carbocycles. The van der Waals surface area contributed by atoms with Crippen LogP contribution in [-0.4, -0.2) is 29.5 Å². The van der Waals surface area contributed by atoms with Gasteiger partial charge in [0.05, 0.1) is 0 Å². The minimum atomic E-state index is -0.811.